The number of carbonyl (C=O) groups excluding carboxylic acids is 1. The lowest BCUT2D eigenvalue weighted by Crippen LogP contribution is -2.34. The maximum absolute atomic E-state index is 10.6. The molecule has 0 aromatic rings. The summed E-state index contributed by atoms with van der Waals surface area (Å²) in [5, 5.41) is 0. The van der Waals surface area contributed by atoms with Gasteiger partial charge in [0.15, 0.2) is 0 Å². The van der Waals surface area contributed by atoms with Crippen LogP contribution in [0.2, 0.25) is 0 Å². The Morgan fingerprint density at radius 3 is 1.40 bits per heavy atom. The Bertz CT molecular complexity index is 122. The van der Waals surface area contributed by atoms with Gasteiger partial charge in [-0.25, -0.2) is 0 Å². The zero-order valence-corrected chi connectivity index (χ0v) is 11.8. The van der Waals surface area contributed by atoms with E-state index in [4.69, 9.17) is 5.73 Å². The van der Waals surface area contributed by atoms with Gasteiger partial charge in [-0.3, -0.25) is 4.79 Å². The molecule has 0 rings (SSSR count). The number of ketones is 1. The van der Waals surface area contributed by atoms with Gasteiger partial charge in [-0.05, 0) is 12.8 Å². The third-order valence-electron chi connectivity index (χ3n) is 1.73. The van der Waals surface area contributed by atoms with E-state index in [1.807, 2.05) is 13.8 Å². The van der Waals surface area contributed by atoms with E-state index >= 15 is 0 Å². The van der Waals surface area contributed by atoms with Gasteiger partial charge in [0.2, 0.25) is 0 Å². The first kappa shape index (κ1) is 20.1. The molecule has 2 N–H and O–H groups in total. The van der Waals surface area contributed by atoms with Crippen molar-refractivity contribution in [3.8, 4) is 0 Å². The minimum atomic E-state index is -0.255. The van der Waals surface area contributed by atoms with Crippen LogP contribution in [0, 0.1) is 5.92 Å². The third kappa shape index (κ3) is 19.9. The van der Waals surface area contributed by atoms with Crippen LogP contribution in [0.5, 0.6) is 0 Å². The molecule has 0 saturated heterocycles. The van der Waals surface area contributed by atoms with Crippen molar-refractivity contribution in [1.29, 1.82) is 0 Å². The Labute approximate surface area is 96.6 Å². The Morgan fingerprint density at radius 1 is 1.07 bits per heavy atom. The van der Waals surface area contributed by atoms with Crippen molar-refractivity contribution in [2.45, 2.75) is 73.8 Å². The van der Waals surface area contributed by atoms with Crippen LogP contribution < -0.4 is 5.73 Å². The number of nitrogens with two attached hydrogens (primary N) is 1. The molecular weight excluding hydrogens is 186 g/mol. The largest absolute Gasteiger partial charge is 0.321 e. The highest BCUT2D eigenvalue weighted by Gasteiger charge is 2.14. The zero-order chi connectivity index (χ0) is 12.9. The molecule has 0 aliphatic heterocycles. The number of hydrogen-bond acceptors (Lipinski definition) is 2. The lowest BCUT2D eigenvalue weighted by Gasteiger charge is -2.13. The molecule has 0 saturated carbocycles. The molecule has 0 aliphatic rings. The van der Waals surface area contributed by atoms with Gasteiger partial charge < -0.3 is 5.73 Å². The standard InChI is InChI=1S/C7H15NO.2C3H8/c1-4-5(2)7(8)6(3)9;2*1-3-2/h5,7H,4,8H2,1-3H3;2*3H2,1-2H3. The lowest BCUT2D eigenvalue weighted by atomic mass is 9.97. The predicted molar refractivity (Wildman–Crippen MR) is 70.0 cm³/mol. The average Bonchev–Trinajstić information content (AvgIpc) is 2.17. The van der Waals surface area contributed by atoms with E-state index in [1.54, 1.807) is 0 Å². The second kappa shape index (κ2) is 16.1. The number of carbonyl (C=O) groups is 1. The van der Waals surface area contributed by atoms with Gasteiger partial charge >= 0.3 is 0 Å². The highest BCUT2D eigenvalue weighted by atomic mass is 16.1. The molecule has 0 bridgehead atoms. The fourth-order valence-corrected chi connectivity index (χ4v) is 0.655. The Balaban J connectivity index is -0.000000200. The van der Waals surface area contributed by atoms with Crippen LogP contribution in [0.4, 0.5) is 0 Å². The van der Waals surface area contributed by atoms with Crippen LogP contribution in [0.3, 0.4) is 0 Å². The van der Waals surface area contributed by atoms with Crippen molar-refractivity contribution in [3.05, 3.63) is 0 Å². The molecule has 94 valence electrons. The van der Waals surface area contributed by atoms with E-state index in [0.717, 1.165) is 6.42 Å². The molecule has 0 aromatic carbocycles. The Hall–Kier alpha value is -0.370. The van der Waals surface area contributed by atoms with Crippen molar-refractivity contribution in [2.75, 3.05) is 0 Å². The second-order valence-corrected chi connectivity index (χ2v) is 3.94. The van der Waals surface area contributed by atoms with Gasteiger partial charge in [0, 0.05) is 0 Å². The summed E-state index contributed by atoms with van der Waals surface area (Å²) in [5.74, 6) is 0.409. The van der Waals surface area contributed by atoms with Crippen molar-refractivity contribution in [2.24, 2.45) is 11.7 Å². The van der Waals surface area contributed by atoms with E-state index in [1.165, 1.54) is 19.8 Å². The summed E-state index contributed by atoms with van der Waals surface area (Å²) in [6.45, 7) is 14.1. The van der Waals surface area contributed by atoms with E-state index < -0.39 is 0 Å². The SMILES string of the molecule is CCC.CCC.CCC(C)C(N)C(C)=O. The summed E-state index contributed by atoms with van der Waals surface area (Å²) in [6.07, 6.45) is 3.47. The van der Waals surface area contributed by atoms with Crippen LogP contribution in [-0.2, 0) is 4.79 Å². The van der Waals surface area contributed by atoms with Crippen LogP contribution in [-0.4, -0.2) is 11.8 Å². The summed E-state index contributed by atoms with van der Waals surface area (Å²) < 4.78 is 0. The summed E-state index contributed by atoms with van der Waals surface area (Å²) in [4.78, 5) is 10.6. The zero-order valence-electron chi connectivity index (χ0n) is 11.8. The molecule has 15 heavy (non-hydrogen) atoms. The highest BCUT2D eigenvalue weighted by Crippen LogP contribution is 2.04. The molecule has 2 heteroatoms. The molecule has 0 spiro atoms. The van der Waals surface area contributed by atoms with E-state index in [0.29, 0.717) is 5.92 Å². The van der Waals surface area contributed by atoms with Crippen molar-refractivity contribution < 1.29 is 4.79 Å². The van der Waals surface area contributed by atoms with Gasteiger partial charge in [0.1, 0.15) is 5.78 Å². The number of hydrogen-bond donors (Lipinski definition) is 1. The molecule has 0 aromatic heterocycles. The quantitative estimate of drug-likeness (QED) is 0.781. The summed E-state index contributed by atoms with van der Waals surface area (Å²) in [7, 11) is 0. The summed E-state index contributed by atoms with van der Waals surface area (Å²) in [5.41, 5.74) is 5.52. The highest BCUT2D eigenvalue weighted by molar-refractivity contribution is 5.81. The lowest BCUT2D eigenvalue weighted by molar-refractivity contribution is -0.119. The Kier molecular flexibility index (Phi) is 21.5. The fourth-order valence-electron chi connectivity index (χ4n) is 0.655. The average molecular weight is 217 g/mol. The van der Waals surface area contributed by atoms with E-state index in [2.05, 4.69) is 27.7 Å². The van der Waals surface area contributed by atoms with Crippen molar-refractivity contribution in [3.63, 3.8) is 0 Å². The first-order chi connectivity index (χ1) is 6.92. The minimum absolute atomic E-state index is 0.0874. The number of Topliss-reactive ketones (excluding diaryl/α,β-unsaturated/α-hetero) is 1. The van der Waals surface area contributed by atoms with Gasteiger partial charge in [-0.2, -0.15) is 0 Å². The van der Waals surface area contributed by atoms with Gasteiger partial charge in [0.05, 0.1) is 6.04 Å². The Morgan fingerprint density at radius 2 is 1.33 bits per heavy atom. The molecule has 0 heterocycles. The van der Waals surface area contributed by atoms with Crippen molar-refractivity contribution in [1.82, 2.24) is 0 Å². The molecule has 2 unspecified atom stereocenters. The molecule has 0 radical (unpaired) electrons. The van der Waals surface area contributed by atoms with Crippen LogP contribution in [0.1, 0.15) is 67.7 Å². The van der Waals surface area contributed by atoms with Crippen LogP contribution in [0.25, 0.3) is 0 Å². The predicted octanol–water partition coefficient (Wildman–Crippen LogP) is 3.78. The van der Waals surface area contributed by atoms with E-state index in [9.17, 15) is 4.79 Å². The van der Waals surface area contributed by atoms with Crippen LogP contribution in [0.15, 0.2) is 0 Å². The summed E-state index contributed by atoms with van der Waals surface area (Å²) in [6, 6.07) is -0.255. The van der Waals surface area contributed by atoms with Crippen molar-refractivity contribution >= 4 is 5.78 Å². The van der Waals surface area contributed by atoms with Gasteiger partial charge in [0.25, 0.3) is 0 Å². The molecule has 2 atom stereocenters. The maximum atomic E-state index is 10.6. The monoisotopic (exact) mass is 217 g/mol. The summed E-state index contributed by atoms with van der Waals surface area (Å²) >= 11 is 0. The van der Waals surface area contributed by atoms with E-state index in [-0.39, 0.29) is 11.8 Å². The van der Waals surface area contributed by atoms with Gasteiger partial charge in [-0.15, -0.1) is 0 Å². The molecule has 0 amide bonds. The molecular formula is C13H31NO. The number of rotatable bonds is 3. The second-order valence-electron chi connectivity index (χ2n) is 3.94. The minimum Gasteiger partial charge on any atom is -0.321 e. The topological polar surface area (TPSA) is 43.1 Å². The normalized spacial score (nSPS) is 12.5. The third-order valence-corrected chi connectivity index (χ3v) is 1.73. The molecule has 0 fully saturated rings. The molecule has 2 nitrogen and oxygen atoms in total. The first-order valence-electron chi connectivity index (χ1n) is 6.18. The maximum Gasteiger partial charge on any atom is 0.146 e. The fraction of sp³-hybridized carbons (Fsp3) is 0.923. The molecule has 0 aliphatic carbocycles. The van der Waals surface area contributed by atoms with Crippen LogP contribution >= 0.6 is 0 Å². The van der Waals surface area contributed by atoms with Gasteiger partial charge in [-0.1, -0.05) is 60.8 Å². The first-order valence-corrected chi connectivity index (χ1v) is 6.18. The smallest absolute Gasteiger partial charge is 0.146 e.